The van der Waals surface area contributed by atoms with Gasteiger partial charge >= 0.3 is 44.8 Å². The molecule has 0 aliphatic heterocycles. The Balaban J connectivity index is -0.000000500. The number of carbonyl (C=O) groups is 2. The number of hydrogen-bond donors (Lipinski definition) is 0. The van der Waals surface area contributed by atoms with E-state index >= 15 is 0 Å². The van der Waals surface area contributed by atoms with Crippen molar-refractivity contribution in [2.24, 2.45) is 5.41 Å². The minimum absolute atomic E-state index is 0. The van der Waals surface area contributed by atoms with E-state index in [4.69, 9.17) is 0 Å². The predicted octanol–water partition coefficient (Wildman–Crippen LogP) is -1.71. The fraction of sp³-hybridized carbons (Fsp3) is 0.714. The maximum Gasteiger partial charge on any atom is 1.00 e. The molecule has 0 heterocycles. The number of carbonyl (C=O) groups excluding carboxylic acids is 2. The Labute approximate surface area is 108 Å². The van der Waals surface area contributed by atoms with E-state index < -0.39 is 17.4 Å². The van der Waals surface area contributed by atoms with Crippen LogP contribution in [0.1, 0.15) is 26.7 Å². The largest absolute Gasteiger partial charge is 1.00 e. The maximum absolute atomic E-state index is 10.4. The molecule has 0 amide bonds. The second-order valence-electron chi connectivity index (χ2n) is 2.36. The number of hydrogen-bond acceptors (Lipinski definition) is 4. The van der Waals surface area contributed by atoms with Gasteiger partial charge in [0.2, 0.25) is 0 Å². The molecule has 0 spiro atoms. The van der Waals surface area contributed by atoms with Crippen LogP contribution < -0.4 is 10.2 Å². The third kappa shape index (κ3) is 3.97. The van der Waals surface area contributed by atoms with Crippen LogP contribution in [0.25, 0.3) is 0 Å². The molecule has 0 N–H and O–H groups in total. The van der Waals surface area contributed by atoms with Crippen LogP contribution in [-0.4, -0.2) is 11.9 Å². The molecule has 0 atom stereocenters. The van der Waals surface area contributed by atoms with E-state index in [2.05, 4.69) is 0 Å². The van der Waals surface area contributed by atoms with E-state index in [9.17, 15) is 19.8 Å². The van der Waals surface area contributed by atoms with Gasteiger partial charge < -0.3 is 19.8 Å². The van der Waals surface area contributed by atoms with Gasteiger partial charge in [-0.1, -0.05) is 13.8 Å². The van der Waals surface area contributed by atoms with Crippen LogP contribution in [0.5, 0.6) is 0 Å². The Morgan fingerprint density at radius 1 is 1.00 bits per heavy atom. The number of carboxylic acids is 2. The fourth-order valence-electron chi connectivity index (χ4n) is 0.911. The molecule has 0 rings (SSSR count). The summed E-state index contributed by atoms with van der Waals surface area (Å²) in [5.74, 6) is -3.13. The van der Waals surface area contributed by atoms with Gasteiger partial charge in [-0.3, -0.25) is 0 Å². The van der Waals surface area contributed by atoms with Crippen molar-refractivity contribution in [1.82, 2.24) is 0 Å². The Bertz CT molecular complexity index is 161. The molecule has 6 heteroatoms. The minimum atomic E-state index is -1.81. The molecule has 13 heavy (non-hydrogen) atoms. The molecule has 0 saturated heterocycles. The number of rotatable bonds is 4. The first-order valence-corrected chi connectivity index (χ1v) is 3.44. The van der Waals surface area contributed by atoms with Crippen molar-refractivity contribution in [3.05, 3.63) is 0 Å². The van der Waals surface area contributed by atoms with E-state index in [0.717, 1.165) is 0 Å². The van der Waals surface area contributed by atoms with Gasteiger partial charge in [0, 0.05) is 5.41 Å². The zero-order chi connectivity index (χ0) is 9.07. The molecule has 0 radical (unpaired) electrons. The average Bonchev–Trinajstić information content (AvgIpc) is 1.90. The molecule has 0 aromatic heterocycles. The van der Waals surface area contributed by atoms with Crippen LogP contribution >= 0.6 is 0 Å². The zero-order valence-corrected chi connectivity index (χ0v) is 10.1. The Hall–Kier alpha value is 0.421. The van der Waals surface area contributed by atoms with Crippen LogP contribution in [-0.2, 0) is 54.3 Å². The maximum atomic E-state index is 10.4. The molecule has 0 fully saturated rings. The van der Waals surface area contributed by atoms with Gasteiger partial charge in [0.05, 0.1) is 11.9 Å². The summed E-state index contributed by atoms with van der Waals surface area (Å²) in [7, 11) is 0. The van der Waals surface area contributed by atoms with Crippen molar-refractivity contribution >= 4 is 11.9 Å². The normalized spacial score (nSPS) is 9.38. The Morgan fingerprint density at radius 3 is 1.23 bits per heavy atom. The summed E-state index contributed by atoms with van der Waals surface area (Å²) in [6, 6.07) is 0. The van der Waals surface area contributed by atoms with Gasteiger partial charge in [-0.2, -0.15) is 0 Å². The van der Waals surface area contributed by atoms with Gasteiger partial charge in [0.1, 0.15) is 0 Å². The van der Waals surface area contributed by atoms with Crippen molar-refractivity contribution in [3.63, 3.8) is 0 Å². The molecule has 0 aromatic rings. The minimum Gasteiger partial charge on any atom is -0.549 e. The SMILES string of the molecule is CCC(CC)(C(=O)[O-])C(=O)[O-].[Ag+].[Ag+]. The monoisotopic (exact) mass is 372 g/mol. The second-order valence-corrected chi connectivity index (χ2v) is 2.36. The second kappa shape index (κ2) is 7.79. The zero-order valence-electron chi connectivity index (χ0n) is 7.15. The fourth-order valence-corrected chi connectivity index (χ4v) is 0.911. The van der Waals surface area contributed by atoms with Crippen molar-refractivity contribution in [2.75, 3.05) is 0 Å². The first-order valence-electron chi connectivity index (χ1n) is 3.44. The molecule has 0 unspecified atom stereocenters. The molecular weight excluding hydrogens is 364 g/mol. The van der Waals surface area contributed by atoms with Gasteiger partial charge in [0.25, 0.3) is 0 Å². The first-order chi connectivity index (χ1) is 5.01. The van der Waals surface area contributed by atoms with Crippen LogP contribution in [0, 0.1) is 5.41 Å². The van der Waals surface area contributed by atoms with Gasteiger partial charge in [-0.25, -0.2) is 0 Å². The summed E-state index contributed by atoms with van der Waals surface area (Å²) in [6.07, 6.45) is -0.0116. The molecule has 0 aliphatic rings. The quantitative estimate of drug-likeness (QED) is 0.434. The van der Waals surface area contributed by atoms with Crippen molar-refractivity contribution < 1.29 is 64.6 Å². The van der Waals surface area contributed by atoms with E-state index in [1.807, 2.05) is 0 Å². The molecule has 0 bridgehead atoms. The summed E-state index contributed by atoms with van der Waals surface area (Å²) in [4.78, 5) is 20.8. The Kier molecular flexibility index (Phi) is 11.4. The Morgan fingerprint density at radius 2 is 1.23 bits per heavy atom. The van der Waals surface area contributed by atoms with Crippen molar-refractivity contribution in [3.8, 4) is 0 Å². The van der Waals surface area contributed by atoms with Crippen molar-refractivity contribution in [1.29, 1.82) is 0 Å². The van der Waals surface area contributed by atoms with Gasteiger partial charge in [-0.15, -0.1) is 0 Å². The summed E-state index contributed by atoms with van der Waals surface area (Å²) >= 11 is 0. The van der Waals surface area contributed by atoms with Crippen LogP contribution in [0.4, 0.5) is 0 Å². The van der Waals surface area contributed by atoms with E-state index in [0.29, 0.717) is 0 Å². The topological polar surface area (TPSA) is 80.3 Å². The molecule has 84 valence electrons. The van der Waals surface area contributed by atoms with E-state index in [-0.39, 0.29) is 57.6 Å². The smallest absolute Gasteiger partial charge is 0.549 e. The van der Waals surface area contributed by atoms with Crippen molar-refractivity contribution in [2.45, 2.75) is 26.7 Å². The predicted molar refractivity (Wildman–Crippen MR) is 33.0 cm³/mol. The molecule has 4 nitrogen and oxygen atoms in total. The van der Waals surface area contributed by atoms with Gasteiger partial charge in [0.15, 0.2) is 0 Å². The molecular formula is C7H10Ag2O4. The third-order valence-electron chi connectivity index (χ3n) is 1.99. The molecule has 0 saturated carbocycles. The number of carboxylic acid groups (broad SMARTS) is 2. The molecule has 0 aromatic carbocycles. The third-order valence-corrected chi connectivity index (χ3v) is 1.99. The van der Waals surface area contributed by atoms with Crippen LogP contribution in [0.15, 0.2) is 0 Å². The summed E-state index contributed by atoms with van der Waals surface area (Å²) in [5.41, 5.74) is -1.81. The van der Waals surface area contributed by atoms with E-state index in [1.54, 1.807) is 0 Å². The van der Waals surface area contributed by atoms with Crippen LogP contribution in [0.3, 0.4) is 0 Å². The number of aliphatic carboxylic acids is 2. The van der Waals surface area contributed by atoms with Crippen LogP contribution in [0.2, 0.25) is 0 Å². The first kappa shape index (κ1) is 19.1. The van der Waals surface area contributed by atoms with Gasteiger partial charge in [-0.05, 0) is 12.8 Å². The van der Waals surface area contributed by atoms with E-state index in [1.165, 1.54) is 13.8 Å². The standard InChI is InChI=1S/C7H12O4.2Ag/c1-3-7(4-2,5(8)9)6(10)11;;/h3-4H2,1-2H3,(H,8,9)(H,10,11);;/q;2*+1/p-2. The average molecular weight is 374 g/mol. The molecule has 0 aliphatic carbocycles. The summed E-state index contributed by atoms with van der Waals surface area (Å²) < 4.78 is 0. The summed E-state index contributed by atoms with van der Waals surface area (Å²) in [5, 5.41) is 20.8. The summed E-state index contributed by atoms with van der Waals surface area (Å²) in [6.45, 7) is 2.96.